The van der Waals surface area contributed by atoms with E-state index in [2.05, 4.69) is 15.0 Å². The molecule has 2 aromatic rings. The van der Waals surface area contributed by atoms with Gasteiger partial charge >= 0.3 is 5.63 Å². The van der Waals surface area contributed by atoms with Gasteiger partial charge in [0.2, 0.25) is 5.95 Å². The van der Waals surface area contributed by atoms with Crippen LogP contribution in [0.2, 0.25) is 0 Å². The maximum atomic E-state index is 11.6. The minimum atomic E-state index is -0.648. The molecule has 0 atom stereocenters. The van der Waals surface area contributed by atoms with Gasteiger partial charge in [-0.2, -0.15) is 0 Å². The molecule has 0 fully saturated rings. The van der Waals surface area contributed by atoms with Crippen molar-refractivity contribution >= 4 is 12.2 Å². The fraction of sp³-hybridized carbons (Fsp3) is 0.231. The largest absolute Gasteiger partial charge is 0.507 e. The first-order valence-electron chi connectivity index (χ1n) is 5.66. The third kappa shape index (κ3) is 3.04. The predicted octanol–water partition coefficient (Wildman–Crippen LogP) is 1.81. The lowest BCUT2D eigenvalue weighted by Crippen LogP contribution is -2.07. The Balaban J connectivity index is 2.41. The van der Waals surface area contributed by atoms with E-state index in [0.29, 0.717) is 5.76 Å². The first-order valence-corrected chi connectivity index (χ1v) is 5.66. The Hall–Kier alpha value is -2.50. The van der Waals surface area contributed by atoms with Crippen LogP contribution in [0.5, 0.6) is 5.75 Å². The third-order valence-electron chi connectivity index (χ3n) is 2.37. The molecule has 0 amide bonds. The number of hydrogen-bond donors (Lipinski definition) is 1. The molecular formula is C13H13N3O3. The zero-order valence-electron chi connectivity index (χ0n) is 10.8. The van der Waals surface area contributed by atoms with Gasteiger partial charge in [0.15, 0.2) is 0 Å². The van der Waals surface area contributed by atoms with Crippen molar-refractivity contribution in [2.75, 3.05) is 0 Å². The number of nitrogens with zero attached hydrogens (tertiary/aromatic N) is 3. The molecule has 0 spiro atoms. The van der Waals surface area contributed by atoms with Crippen LogP contribution in [0, 0.1) is 20.8 Å². The Morgan fingerprint density at radius 1 is 1.21 bits per heavy atom. The minimum Gasteiger partial charge on any atom is -0.507 e. The fourth-order valence-corrected chi connectivity index (χ4v) is 1.61. The van der Waals surface area contributed by atoms with E-state index >= 15 is 0 Å². The smallest absolute Gasteiger partial charge is 0.348 e. The fourth-order valence-electron chi connectivity index (χ4n) is 1.61. The van der Waals surface area contributed by atoms with Gasteiger partial charge in [-0.05, 0) is 26.8 Å². The lowest BCUT2D eigenvalue weighted by atomic mass is 10.2. The lowest BCUT2D eigenvalue weighted by Gasteiger charge is -1.99. The third-order valence-corrected chi connectivity index (χ3v) is 2.37. The molecule has 0 aliphatic rings. The quantitative estimate of drug-likeness (QED) is 0.831. The monoisotopic (exact) mass is 259 g/mol. The molecule has 0 bridgehead atoms. The first kappa shape index (κ1) is 12.9. The van der Waals surface area contributed by atoms with Gasteiger partial charge in [-0.3, -0.25) is 0 Å². The molecule has 98 valence electrons. The Bertz CT molecular complexity index is 685. The van der Waals surface area contributed by atoms with Crippen LogP contribution < -0.4 is 5.63 Å². The SMILES string of the molecule is Cc1cc(C)nc(N=Cc2c(O)cc(C)oc2=O)n1. The van der Waals surface area contributed by atoms with Gasteiger partial charge in [0, 0.05) is 23.7 Å². The molecule has 19 heavy (non-hydrogen) atoms. The van der Waals surface area contributed by atoms with Crippen LogP contribution in [0.3, 0.4) is 0 Å². The van der Waals surface area contributed by atoms with Crippen LogP contribution in [0.15, 0.2) is 26.3 Å². The number of aromatic nitrogens is 2. The number of aromatic hydroxyl groups is 1. The second-order valence-corrected chi connectivity index (χ2v) is 4.15. The lowest BCUT2D eigenvalue weighted by molar-refractivity contribution is 0.433. The van der Waals surface area contributed by atoms with Crippen molar-refractivity contribution in [2.24, 2.45) is 4.99 Å². The van der Waals surface area contributed by atoms with Gasteiger partial charge in [0.05, 0.1) is 0 Å². The van der Waals surface area contributed by atoms with E-state index < -0.39 is 5.63 Å². The van der Waals surface area contributed by atoms with Crippen LogP contribution in [-0.2, 0) is 0 Å². The molecule has 0 unspecified atom stereocenters. The summed E-state index contributed by atoms with van der Waals surface area (Å²) < 4.78 is 4.88. The topological polar surface area (TPSA) is 88.6 Å². The number of rotatable bonds is 2. The van der Waals surface area contributed by atoms with Crippen molar-refractivity contribution in [3.8, 4) is 5.75 Å². The summed E-state index contributed by atoms with van der Waals surface area (Å²) in [5, 5.41) is 9.67. The molecule has 0 radical (unpaired) electrons. The molecule has 0 aromatic carbocycles. The van der Waals surface area contributed by atoms with Gasteiger partial charge < -0.3 is 9.52 Å². The minimum absolute atomic E-state index is 0.0200. The molecule has 2 aromatic heterocycles. The van der Waals surface area contributed by atoms with E-state index in [4.69, 9.17) is 4.42 Å². The van der Waals surface area contributed by atoms with Crippen LogP contribution in [-0.4, -0.2) is 21.3 Å². The van der Waals surface area contributed by atoms with Crippen molar-refractivity contribution in [2.45, 2.75) is 20.8 Å². The normalized spacial score (nSPS) is 11.1. The maximum Gasteiger partial charge on any atom is 0.348 e. The highest BCUT2D eigenvalue weighted by molar-refractivity contribution is 5.83. The van der Waals surface area contributed by atoms with Crippen LogP contribution in [0.1, 0.15) is 22.7 Å². The summed E-state index contributed by atoms with van der Waals surface area (Å²) in [6.07, 6.45) is 1.20. The summed E-state index contributed by atoms with van der Waals surface area (Å²) in [6.45, 7) is 5.23. The van der Waals surface area contributed by atoms with Crippen molar-refractivity contribution in [1.82, 2.24) is 9.97 Å². The van der Waals surface area contributed by atoms with E-state index in [0.717, 1.165) is 11.4 Å². The van der Waals surface area contributed by atoms with E-state index in [1.54, 1.807) is 6.92 Å². The average Bonchev–Trinajstić information content (AvgIpc) is 2.25. The number of aryl methyl sites for hydroxylation is 3. The summed E-state index contributed by atoms with van der Waals surface area (Å²) in [7, 11) is 0. The molecule has 0 saturated carbocycles. The second kappa shape index (κ2) is 5.01. The van der Waals surface area contributed by atoms with Crippen LogP contribution in [0.25, 0.3) is 0 Å². The zero-order chi connectivity index (χ0) is 14.0. The molecule has 0 saturated heterocycles. The molecule has 2 heterocycles. The number of aliphatic imine (C=N–C) groups is 1. The summed E-state index contributed by atoms with van der Waals surface area (Å²) in [5.74, 6) is 0.390. The van der Waals surface area contributed by atoms with Gasteiger partial charge in [0.25, 0.3) is 0 Å². The molecular weight excluding hydrogens is 246 g/mol. The Morgan fingerprint density at radius 2 is 1.84 bits per heavy atom. The summed E-state index contributed by atoms with van der Waals surface area (Å²) in [4.78, 5) is 23.7. The molecule has 2 rings (SSSR count). The molecule has 6 nitrogen and oxygen atoms in total. The zero-order valence-corrected chi connectivity index (χ0v) is 10.8. The first-order chi connectivity index (χ1) is 8.95. The van der Waals surface area contributed by atoms with Crippen molar-refractivity contribution in [3.05, 3.63) is 45.3 Å². The Morgan fingerprint density at radius 3 is 2.42 bits per heavy atom. The summed E-state index contributed by atoms with van der Waals surface area (Å²) >= 11 is 0. The highest BCUT2D eigenvalue weighted by Crippen LogP contribution is 2.14. The molecule has 0 aliphatic carbocycles. The van der Waals surface area contributed by atoms with E-state index in [-0.39, 0.29) is 17.3 Å². The highest BCUT2D eigenvalue weighted by atomic mass is 16.4. The van der Waals surface area contributed by atoms with E-state index in [1.807, 2.05) is 19.9 Å². The van der Waals surface area contributed by atoms with Crippen molar-refractivity contribution in [1.29, 1.82) is 0 Å². The summed E-state index contributed by atoms with van der Waals surface area (Å²) in [5.41, 5.74) is 0.888. The Kier molecular flexibility index (Phi) is 3.41. The van der Waals surface area contributed by atoms with Crippen molar-refractivity contribution in [3.63, 3.8) is 0 Å². The molecule has 6 heteroatoms. The van der Waals surface area contributed by atoms with Gasteiger partial charge in [-0.25, -0.2) is 19.8 Å². The predicted molar refractivity (Wildman–Crippen MR) is 70.1 cm³/mol. The molecule has 1 N–H and O–H groups in total. The van der Waals surface area contributed by atoms with Crippen molar-refractivity contribution < 1.29 is 9.52 Å². The van der Waals surface area contributed by atoms with E-state index in [1.165, 1.54) is 12.3 Å². The standard InChI is InChI=1S/C13H13N3O3/c1-7-4-8(2)16-13(15-7)14-6-10-11(17)5-9(3)19-12(10)18/h4-6,17H,1-3H3. The van der Waals surface area contributed by atoms with Crippen LogP contribution in [0.4, 0.5) is 5.95 Å². The van der Waals surface area contributed by atoms with Gasteiger partial charge in [-0.15, -0.1) is 0 Å². The van der Waals surface area contributed by atoms with E-state index in [9.17, 15) is 9.90 Å². The highest BCUT2D eigenvalue weighted by Gasteiger charge is 2.07. The average molecular weight is 259 g/mol. The maximum absolute atomic E-state index is 11.6. The second-order valence-electron chi connectivity index (χ2n) is 4.15. The molecule has 0 aliphatic heterocycles. The summed E-state index contributed by atoms with van der Waals surface area (Å²) in [6, 6.07) is 3.17. The van der Waals surface area contributed by atoms with Gasteiger partial charge in [0.1, 0.15) is 17.1 Å². The van der Waals surface area contributed by atoms with Crippen LogP contribution >= 0.6 is 0 Å². The number of hydrogen-bond acceptors (Lipinski definition) is 6. The van der Waals surface area contributed by atoms with Gasteiger partial charge in [-0.1, -0.05) is 0 Å². The Labute approximate surface area is 109 Å².